The summed E-state index contributed by atoms with van der Waals surface area (Å²) in [7, 11) is 0. The highest BCUT2D eigenvalue weighted by Crippen LogP contribution is 2.35. The van der Waals surface area contributed by atoms with Gasteiger partial charge in [-0.25, -0.2) is 0 Å². The van der Waals surface area contributed by atoms with Gasteiger partial charge in [-0.1, -0.05) is 12.1 Å². The number of rotatable bonds is 4. The number of aromatic hydroxyl groups is 6. The van der Waals surface area contributed by atoms with Gasteiger partial charge in [0.1, 0.15) is 34.5 Å². The lowest BCUT2D eigenvalue weighted by Gasteiger charge is -2.13. The van der Waals surface area contributed by atoms with Gasteiger partial charge in [0, 0.05) is 36.1 Å². The van der Waals surface area contributed by atoms with Crippen LogP contribution in [0.1, 0.15) is 22.3 Å². The summed E-state index contributed by atoms with van der Waals surface area (Å²) < 4.78 is 0. The van der Waals surface area contributed by atoms with E-state index in [-0.39, 0.29) is 47.3 Å². The maximum Gasteiger partial charge on any atom is 0.122 e. The first-order valence-corrected chi connectivity index (χ1v) is 7.89. The van der Waals surface area contributed by atoms with Gasteiger partial charge in [0.2, 0.25) is 0 Å². The zero-order valence-corrected chi connectivity index (χ0v) is 13.7. The highest BCUT2D eigenvalue weighted by Gasteiger charge is 2.14. The molecular formula is C20H18O6. The highest BCUT2D eigenvalue weighted by molar-refractivity contribution is 5.52. The van der Waals surface area contributed by atoms with Gasteiger partial charge in [-0.15, -0.1) is 0 Å². The largest absolute Gasteiger partial charge is 0.508 e. The Morgan fingerprint density at radius 1 is 0.462 bits per heavy atom. The first-order valence-electron chi connectivity index (χ1n) is 7.89. The quantitative estimate of drug-likeness (QED) is 0.400. The van der Waals surface area contributed by atoms with Crippen LogP contribution in [0.4, 0.5) is 0 Å². The summed E-state index contributed by atoms with van der Waals surface area (Å²) in [6, 6.07) is 11.1. The molecule has 3 aromatic rings. The Morgan fingerprint density at radius 3 is 1.27 bits per heavy atom. The molecule has 0 atom stereocenters. The van der Waals surface area contributed by atoms with Crippen molar-refractivity contribution in [3.05, 3.63) is 70.8 Å². The fraction of sp³-hybridized carbons (Fsp3) is 0.100. The van der Waals surface area contributed by atoms with Gasteiger partial charge in [0.05, 0.1) is 0 Å². The smallest absolute Gasteiger partial charge is 0.122 e. The van der Waals surface area contributed by atoms with Gasteiger partial charge < -0.3 is 30.6 Å². The molecule has 0 aromatic heterocycles. The van der Waals surface area contributed by atoms with Crippen molar-refractivity contribution in [2.24, 2.45) is 0 Å². The predicted octanol–water partition coefficient (Wildman–Crippen LogP) is 3.10. The lowest BCUT2D eigenvalue weighted by molar-refractivity contribution is 0.441. The number of phenols is 6. The van der Waals surface area contributed by atoms with Gasteiger partial charge >= 0.3 is 0 Å². The van der Waals surface area contributed by atoms with Crippen LogP contribution >= 0.6 is 0 Å². The second-order valence-electron chi connectivity index (χ2n) is 6.09. The number of phenolic OH excluding ortho intramolecular Hbond substituents is 6. The molecule has 26 heavy (non-hydrogen) atoms. The average molecular weight is 354 g/mol. The van der Waals surface area contributed by atoms with E-state index >= 15 is 0 Å². The highest BCUT2D eigenvalue weighted by atomic mass is 16.3. The second-order valence-corrected chi connectivity index (χ2v) is 6.09. The van der Waals surface area contributed by atoms with Crippen molar-refractivity contribution in [2.75, 3.05) is 0 Å². The minimum atomic E-state index is -0.120. The summed E-state index contributed by atoms with van der Waals surface area (Å²) >= 11 is 0. The lowest BCUT2D eigenvalue weighted by atomic mass is 9.96. The normalized spacial score (nSPS) is 10.8. The van der Waals surface area contributed by atoms with Crippen LogP contribution in [0.25, 0.3) is 0 Å². The molecule has 0 spiro atoms. The molecular weight excluding hydrogens is 336 g/mol. The molecule has 3 aromatic carbocycles. The predicted molar refractivity (Wildman–Crippen MR) is 94.9 cm³/mol. The van der Waals surface area contributed by atoms with Crippen molar-refractivity contribution in [3.8, 4) is 34.5 Å². The van der Waals surface area contributed by atoms with Gasteiger partial charge in [0.25, 0.3) is 0 Å². The molecule has 6 nitrogen and oxygen atoms in total. The molecule has 6 N–H and O–H groups in total. The van der Waals surface area contributed by atoms with Crippen LogP contribution in [-0.4, -0.2) is 30.6 Å². The maximum atomic E-state index is 10.6. The molecule has 3 rings (SSSR count). The van der Waals surface area contributed by atoms with E-state index in [2.05, 4.69) is 0 Å². The Bertz CT molecular complexity index is 890. The molecule has 0 heterocycles. The molecule has 6 heteroatoms. The molecule has 0 radical (unpaired) electrons. The van der Waals surface area contributed by atoms with E-state index in [9.17, 15) is 30.6 Å². The molecule has 0 aliphatic heterocycles. The Labute approximate surface area is 149 Å². The summed E-state index contributed by atoms with van der Waals surface area (Å²) in [6.07, 6.45) is 0.280. The third kappa shape index (κ3) is 3.59. The van der Waals surface area contributed by atoms with Crippen LogP contribution in [-0.2, 0) is 12.8 Å². The van der Waals surface area contributed by atoms with Crippen molar-refractivity contribution >= 4 is 0 Å². The Kier molecular flexibility index (Phi) is 4.49. The van der Waals surface area contributed by atoms with Crippen molar-refractivity contribution < 1.29 is 30.6 Å². The fourth-order valence-electron chi connectivity index (χ4n) is 2.82. The first kappa shape index (κ1) is 17.3. The summed E-state index contributed by atoms with van der Waals surface area (Å²) in [5.74, 6) is -0.521. The van der Waals surface area contributed by atoms with E-state index in [0.717, 1.165) is 0 Å². The van der Waals surface area contributed by atoms with Crippen LogP contribution in [0.2, 0.25) is 0 Å². The zero-order valence-electron chi connectivity index (χ0n) is 13.7. The van der Waals surface area contributed by atoms with Crippen LogP contribution < -0.4 is 0 Å². The molecule has 0 fully saturated rings. The summed E-state index contributed by atoms with van der Waals surface area (Å²) in [5, 5.41) is 59.1. The van der Waals surface area contributed by atoms with Crippen molar-refractivity contribution in [2.45, 2.75) is 12.8 Å². The first-order chi connectivity index (χ1) is 12.3. The standard InChI is InChI=1S/C20H18O6/c21-15-3-1-11(18(24)9-15)5-13-7-17(23)8-14(20(13)26)6-12-2-4-16(22)10-19(12)25/h1-4,7-10,21-26H,5-6H2. The number of benzene rings is 3. The van der Waals surface area contributed by atoms with E-state index in [1.807, 2.05) is 0 Å². The summed E-state index contributed by atoms with van der Waals surface area (Å²) in [6.45, 7) is 0. The van der Waals surface area contributed by atoms with Gasteiger partial charge in [-0.3, -0.25) is 0 Å². The third-order valence-electron chi connectivity index (χ3n) is 4.15. The van der Waals surface area contributed by atoms with Gasteiger partial charge in [0.15, 0.2) is 0 Å². The Hall–Kier alpha value is -3.54. The SMILES string of the molecule is Oc1ccc(Cc2cc(O)cc(Cc3ccc(O)cc3O)c2O)c(O)c1. The van der Waals surface area contributed by atoms with E-state index in [1.54, 1.807) is 0 Å². The van der Waals surface area contributed by atoms with E-state index < -0.39 is 0 Å². The van der Waals surface area contributed by atoms with Crippen molar-refractivity contribution in [3.63, 3.8) is 0 Å². The van der Waals surface area contributed by atoms with Crippen LogP contribution in [0, 0.1) is 0 Å². The van der Waals surface area contributed by atoms with E-state index in [4.69, 9.17) is 0 Å². The van der Waals surface area contributed by atoms with Gasteiger partial charge in [-0.05, 0) is 35.4 Å². The van der Waals surface area contributed by atoms with Crippen LogP contribution in [0.5, 0.6) is 34.5 Å². The van der Waals surface area contributed by atoms with Crippen LogP contribution in [0.15, 0.2) is 48.5 Å². The van der Waals surface area contributed by atoms with Crippen LogP contribution in [0.3, 0.4) is 0 Å². The summed E-state index contributed by atoms with van der Waals surface area (Å²) in [4.78, 5) is 0. The van der Waals surface area contributed by atoms with Crippen molar-refractivity contribution in [1.29, 1.82) is 0 Å². The molecule has 0 aliphatic rings. The molecule has 0 saturated carbocycles. The van der Waals surface area contributed by atoms with E-state index in [1.165, 1.54) is 48.5 Å². The number of hydrogen-bond acceptors (Lipinski definition) is 6. The molecule has 0 saturated heterocycles. The van der Waals surface area contributed by atoms with E-state index in [0.29, 0.717) is 22.3 Å². The Morgan fingerprint density at radius 2 is 0.885 bits per heavy atom. The third-order valence-corrected chi connectivity index (χ3v) is 4.15. The van der Waals surface area contributed by atoms with Gasteiger partial charge in [-0.2, -0.15) is 0 Å². The van der Waals surface area contributed by atoms with Crippen molar-refractivity contribution in [1.82, 2.24) is 0 Å². The molecule has 0 bridgehead atoms. The summed E-state index contributed by atoms with van der Waals surface area (Å²) in [5.41, 5.74) is 1.72. The Balaban J connectivity index is 1.95. The molecule has 0 unspecified atom stereocenters. The minimum Gasteiger partial charge on any atom is -0.508 e. The monoisotopic (exact) mass is 354 g/mol. The minimum absolute atomic E-state index is 0.0654. The average Bonchev–Trinajstić information content (AvgIpc) is 2.56. The molecule has 0 aliphatic carbocycles. The number of hydrogen-bond donors (Lipinski definition) is 6. The molecule has 0 amide bonds. The maximum absolute atomic E-state index is 10.6. The zero-order chi connectivity index (χ0) is 18.8. The lowest BCUT2D eigenvalue weighted by Crippen LogP contribution is -1.96. The second kappa shape index (κ2) is 6.76. The fourth-order valence-corrected chi connectivity index (χ4v) is 2.82. The molecule has 134 valence electrons. The topological polar surface area (TPSA) is 121 Å².